The van der Waals surface area contributed by atoms with Gasteiger partial charge in [-0.15, -0.1) is 11.3 Å². The molecule has 0 amide bonds. The molecule has 1 fully saturated rings. The van der Waals surface area contributed by atoms with Gasteiger partial charge in [0.2, 0.25) is 5.79 Å². The lowest BCUT2D eigenvalue weighted by Gasteiger charge is -2.47. The molecule has 1 unspecified atom stereocenters. The predicted octanol–water partition coefficient (Wildman–Crippen LogP) is 1.27. The molecule has 1 saturated heterocycles. The van der Waals surface area contributed by atoms with Gasteiger partial charge in [-0.3, -0.25) is 0 Å². The average Bonchev–Trinajstić information content (AvgIpc) is 3.16. The third-order valence-corrected chi connectivity index (χ3v) is 5.89. The van der Waals surface area contributed by atoms with E-state index in [1.54, 1.807) is 29.5 Å². The van der Waals surface area contributed by atoms with E-state index in [9.17, 15) is 20.4 Å². The van der Waals surface area contributed by atoms with Crippen LogP contribution in [-0.4, -0.2) is 58.6 Å². The quantitative estimate of drug-likeness (QED) is 0.603. The Kier molecular flexibility index (Phi) is 6.01. The van der Waals surface area contributed by atoms with Crippen molar-refractivity contribution in [1.29, 1.82) is 0 Å². The fourth-order valence-corrected chi connectivity index (χ4v) is 4.11. The molecule has 1 aromatic heterocycles. The van der Waals surface area contributed by atoms with E-state index in [2.05, 4.69) is 0 Å². The summed E-state index contributed by atoms with van der Waals surface area (Å²) in [6, 6.07) is 8.99. The molecule has 8 heteroatoms. The Hall–Kier alpha value is -1.03. The zero-order valence-electron chi connectivity index (χ0n) is 14.1. The first kappa shape index (κ1) is 19.7. The SMILES string of the molecule is COC1(c2ccc(Cl)c(Cc3cccs3)c2)O[C@H](CO)[C@@H](O)[C@H](O)[C@H]1O. The van der Waals surface area contributed by atoms with Gasteiger partial charge in [-0.2, -0.15) is 0 Å². The number of methoxy groups -OCH3 is 1. The van der Waals surface area contributed by atoms with E-state index in [0.29, 0.717) is 17.0 Å². The number of ether oxygens (including phenoxy) is 2. The minimum atomic E-state index is -1.74. The summed E-state index contributed by atoms with van der Waals surface area (Å²) in [7, 11) is 1.33. The second-order valence-corrected chi connectivity index (χ2v) is 7.64. The van der Waals surface area contributed by atoms with Crippen LogP contribution in [0.1, 0.15) is 16.0 Å². The van der Waals surface area contributed by atoms with Gasteiger partial charge in [0, 0.05) is 29.0 Å². The van der Waals surface area contributed by atoms with Gasteiger partial charge in [0.25, 0.3) is 0 Å². The normalized spacial score (nSPS) is 31.9. The molecule has 5 atom stereocenters. The number of rotatable bonds is 5. The monoisotopic (exact) mass is 400 g/mol. The molecule has 4 N–H and O–H groups in total. The molecule has 1 aromatic carbocycles. The minimum absolute atomic E-state index is 0.438. The average molecular weight is 401 g/mol. The summed E-state index contributed by atoms with van der Waals surface area (Å²) in [5.74, 6) is -1.74. The van der Waals surface area contributed by atoms with Crippen LogP contribution in [-0.2, 0) is 21.7 Å². The predicted molar refractivity (Wildman–Crippen MR) is 97.2 cm³/mol. The largest absolute Gasteiger partial charge is 0.394 e. The third kappa shape index (κ3) is 3.42. The zero-order chi connectivity index (χ0) is 18.9. The summed E-state index contributed by atoms with van der Waals surface area (Å²) in [6.45, 7) is -0.536. The van der Waals surface area contributed by atoms with E-state index >= 15 is 0 Å². The zero-order valence-corrected chi connectivity index (χ0v) is 15.7. The number of thiophene rings is 1. The number of hydrogen-bond donors (Lipinski definition) is 4. The number of aliphatic hydroxyl groups is 4. The first-order valence-corrected chi connectivity index (χ1v) is 9.38. The molecule has 2 aromatic rings. The van der Waals surface area contributed by atoms with Crippen LogP contribution in [0.15, 0.2) is 35.7 Å². The van der Waals surface area contributed by atoms with Gasteiger partial charge < -0.3 is 29.9 Å². The molecule has 6 nitrogen and oxygen atoms in total. The van der Waals surface area contributed by atoms with Crippen LogP contribution in [0, 0.1) is 0 Å². The van der Waals surface area contributed by atoms with Crippen molar-refractivity contribution in [2.45, 2.75) is 36.6 Å². The standard InChI is InChI=1S/C18H21ClO6S/c1-24-18(17(23)16(22)15(21)14(9-20)25-18)11-4-5-13(19)10(7-11)8-12-3-2-6-26-12/h2-7,14-17,20-23H,8-9H2,1H3/t14-,15-,16+,17-,18?/m1/s1. The Labute approximate surface area is 160 Å². The van der Waals surface area contributed by atoms with Crippen molar-refractivity contribution in [2.75, 3.05) is 13.7 Å². The molecule has 0 bridgehead atoms. The van der Waals surface area contributed by atoms with E-state index in [-0.39, 0.29) is 0 Å². The van der Waals surface area contributed by atoms with Crippen LogP contribution in [0.5, 0.6) is 0 Å². The van der Waals surface area contributed by atoms with Crippen LogP contribution >= 0.6 is 22.9 Å². The van der Waals surface area contributed by atoms with E-state index in [1.165, 1.54) is 7.11 Å². The highest BCUT2D eigenvalue weighted by Gasteiger charge is 2.55. The van der Waals surface area contributed by atoms with Gasteiger partial charge >= 0.3 is 0 Å². The molecule has 142 valence electrons. The fourth-order valence-electron chi connectivity index (χ4n) is 3.19. The molecule has 0 saturated carbocycles. The smallest absolute Gasteiger partial charge is 0.224 e. The van der Waals surface area contributed by atoms with Crippen LogP contribution in [0.2, 0.25) is 5.02 Å². The molecule has 0 radical (unpaired) electrons. The summed E-state index contributed by atoms with van der Waals surface area (Å²) >= 11 is 7.92. The highest BCUT2D eigenvalue weighted by atomic mass is 35.5. The van der Waals surface area contributed by atoms with Gasteiger partial charge in [0.05, 0.1) is 6.61 Å². The Morgan fingerprint density at radius 1 is 1.23 bits per heavy atom. The van der Waals surface area contributed by atoms with Gasteiger partial charge in [0.15, 0.2) is 0 Å². The molecule has 2 heterocycles. The first-order chi connectivity index (χ1) is 12.4. The molecule has 0 aliphatic carbocycles. The molecular weight excluding hydrogens is 380 g/mol. The number of aliphatic hydroxyl groups excluding tert-OH is 4. The van der Waals surface area contributed by atoms with Crippen LogP contribution < -0.4 is 0 Å². The second-order valence-electron chi connectivity index (χ2n) is 6.20. The summed E-state index contributed by atoms with van der Waals surface area (Å²) in [5, 5.41) is 42.7. The number of benzene rings is 1. The van der Waals surface area contributed by atoms with Crippen LogP contribution in [0.4, 0.5) is 0 Å². The Morgan fingerprint density at radius 3 is 2.62 bits per heavy atom. The molecule has 26 heavy (non-hydrogen) atoms. The lowest BCUT2D eigenvalue weighted by atomic mass is 9.87. The Bertz CT molecular complexity index is 737. The summed E-state index contributed by atoms with van der Waals surface area (Å²) in [6.07, 6.45) is -5.05. The maximum absolute atomic E-state index is 10.6. The van der Waals surface area contributed by atoms with Crippen molar-refractivity contribution in [1.82, 2.24) is 0 Å². The highest BCUT2D eigenvalue weighted by molar-refractivity contribution is 7.09. The van der Waals surface area contributed by atoms with Gasteiger partial charge in [-0.05, 0) is 29.1 Å². The van der Waals surface area contributed by atoms with E-state index in [1.807, 2.05) is 17.5 Å². The van der Waals surface area contributed by atoms with Crippen LogP contribution in [0.25, 0.3) is 0 Å². The third-order valence-electron chi connectivity index (χ3n) is 4.65. The molecule has 3 rings (SSSR count). The second kappa shape index (κ2) is 7.92. The summed E-state index contributed by atoms with van der Waals surface area (Å²) < 4.78 is 11.2. The molecule has 1 aliphatic heterocycles. The van der Waals surface area contributed by atoms with Crippen molar-refractivity contribution < 1.29 is 29.9 Å². The number of halogens is 1. The van der Waals surface area contributed by atoms with E-state index in [0.717, 1.165) is 10.4 Å². The summed E-state index contributed by atoms with van der Waals surface area (Å²) in [5.41, 5.74) is 1.24. The van der Waals surface area contributed by atoms with Crippen molar-refractivity contribution in [3.05, 3.63) is 56.7 Å². The summed E-state index contributed by atoms with van der Waals surface area (Å²) in [4.78, 5) is 1.12. The topological polar surface area (TPSA) is 99.4 Å². The Balaban J connectivity index is 2.01. The maximum atomic E-state index is 10.6. The Morgan fingerprint density at radius 2 is 2.00 bits per heavy atom. The highest BCUT2D eigenvalue weighted by Crippen LogP contribution is 2.40. The van der Waals surface area contributed by atoms with Gasteiger partial charge in [0.1, 0.15) is 24.4 Å². The molecular formula is C18H21ClO6S. The van der Waals surface area contributed by atoms with Crippen molar-refractivity contribution in [2.24, 2.45) is 0 Å². The van der Waals surface area contributed by atoms with E-state index < -0.39 is 36.8 Å². The minimum Gasteiger partial charge on any atom is -0.394 e. The maximum Gasteiger partial charge on any atom is 0.224 e. The van der Waals surface area contributed by atoms with Gasteiger partial charge in [-0.25, -0.2) is 0 Å². The first-order valence-electron chi connectivity index (χ1n) is 8.12. The lowest BCUT2D eigenvalue weighted by Crippen LogP contribution is -2.64. The van der Waals surface area contributed by atoms with Crippen LogP contribution in [0.3, 0.4) is 0 Å². The van der Waals surface area contributed by atoms with Crippen molar-refractivity contribution in [3.63, 3.8) is 0 Å². The number of hydrogen-bond acceptors (Lipinski definition) is 7. The van der Waals surface area contributed by atoms with Crippen molar-refractivity contribution >= 4 is 22.9 Å². The fraction of sp³-hybridized carbons (Fsp3) is 0.444. The van der Waals surface area contributed by atoms with E-state index in [4.69, 9.17) is 21.1 Å². The van der Waals surface area contributed by atoms with Crippen molar-refractivity contribution in [3.8, 4) is 0 Å². The molecule has 1 aliphatic rings. The van der Waals surface area contributed by atoms with Gasteiger partial charge in [-0.1, -0.05) is 23.7 Å². The molecule has 0 spiro atoms. The lowest BCUT2D eigenvalue weighted by molar-refractivity contribution is -0.366.